The fraction of sp³-hybridized carbons (Fsp3) is 0.150. The smallest absolute Gasteiger partial charge is 0.429 e. The van der Waals surface area contributed by atoms with E-state index in [0.29, 0.717) is 0 Å². The number of hydrogen-bond acceptors (Lipinski definition) is 6. The van der Waals surface area contributed by atoms with E-state index in [1.807, 2.05) is 25.1 Å². The molecule has 0 saturated heterocycles. The summed E-state index contributed by atoms with van der Waals surface area (Å²) in [5.41, 5.74) is 2.90. The van der Waals surface area contributed by atoms with Crippen LogP contribution in [0.3, 0.4) is 0 Å². The average molecular weight is 605 g/mol. The van der Waals surface area contributed by atoms with Gasteiger partial charge in [-0.25, -0.2) is 0 Å². The Morgan fingerprint density at radius 2 is 1.81 bits per heavy atom. The van der Waals surface area contributed by atoms with Crippen molar-refractivity contribution in [3.8, 4) is 28.5 Å². The molecular weight excluding hydrogens is 589 g/mol. The molecule has 0 aliphatic heterocycles. The third-order valence-corrected chi connectivity index (χ3v) is 3.74. The molecule has 0 atom stereocenters. The van der Waals surface area contributed by atoms with Crippen molar-refractivity contribution < 1.29 is 38.0 Å². The van der Waals surface area contributed by atoms with Crippen LogP contribution in [0.4, 0.5) is 13.2 Å². The molecule has 0 fully saturated rings. The van der Waals surface area contributed by atoms with Crippen LogP contribution in [0.1, 0.15) is 11.5 Å². The van der Waals surface area contributed by atoms with Gasteiger partial charge in [-0.3, -0.25) is 15.1 Å². The fourth-order valence-electron chi connectivity index (χ4n) is 2.34. The van der Waals surface area contributed by atoms with E-state index in [9.17, 15) is 13.2 Å². The van der Waals surface area contributed by atoms with Crippen LogP contribution in [0, 0.1) is 13.0 Å². The van der Waals surface area contributed by atoms with Gasteiger partial charge < -0.3 is 19.8 Å². The van der Waals surface area contributed by atoms with E-state index in [1.54, 1.807) is 31.6 Å². The third kappa shape index (κ3) is 6.40. The molecule has 31 heavy (non-hydrogen) atoms. The van der Waals surface area contributed by atoms with Crippen molar-refractivity contribution in [2.45, 2.75) is 13.1 Å². The zero-order chi connectivity index (χ0) is 21.6. The molecule has 0 spiro atoms. The van der Waals surface area contributed by atoms with Crippen molar-refractivity contribution in [2.75, 3.05) is 7.11 Å². The topological polar surface area (TPSA) is 87.8 Å². The van der Waals surface area contributed by atoms with E-state index in [1.165, 1.54) is 12.3 Å². The Kier molecular flexibility index (Phi) is 8.35. The molecule has 163 valence electrons. The summed E-state index contributed by atoms with van der Waals surface area (Å²) in [6.45, 7) is 1.93. The van der Waals surface area contributed by atoms with Gasteiger partial charge in [0.2, 0.25) is 0 Å². The van der Waals surface area contributed by atoms with Gasteiger partial charge in [-0.05, 0) is 24.9 Å². The number of pyridine rings is 1. The molecule has 0 amide bonds. The number of nitrogens with zero attached hydrogens (tertiary/aromatic N) is 6. The first-order valence-corrected chi connectivity index (χ1v) is 8.58. The number of methoxy groups -OCH3 is 1. The summed E-state index contributed by atoms with van der Waals surface area (Å²) >= 11 is 0. The van der Waals surface area contributed by atoms with Gasteiger partial charge in [0.1, 0.15) is 5.82 Å². The first-order valence-electron chi connectivity index (χ1n) is 8.58. The molecule has 0 aliphatic rings. The number of hydrogen-bond donors (Lipinski definition) is 0. The van der Waals surface area contributed by atoms with E-state index < -0.39 is 12.0 Å². The number of alkyl halides is 3. The van der Waals surface area contributed by atoms with E-state index in [-0.39, 0.29) is 31.6 Å². The molecule has 7 nitrogen and oxygen atoms in total. The molecule has 0 N–H and O–H groups in total. The standard InChI is InChI=1S/C12H11N2O.C8H4F3N4.Ir/c1-9-12(14-7-6-13-9)10-4-3-5-11(8-10)15-2;9-8(10,11)7-13-6(14-15-7)5-3-1-2-4-12-5;/h3,5-8H,1-2H3;1-4H;/q2*-1;. The summed E-state index contributed by atoms with van der Waals surface area (Å²) in [7, 11) is 1.64. The molecule has 1 aromatic carbocycles. The number of benzene rings is 1. The second kappa shape index (κ2) is 10.7. The summed E-state index contributed by atoms with van der Waals surface area (Å²) in [6, 6.07) is 13.5. The Hall–Kier alpha value is -3.17. The Morgan fingerprint density at radius 3 is 2.42 bits per heavy atom. The van der Waals surface area contributed by atoms with Crippen LogP contribution in [-0.2, 0) is 26.3 Å². The normalized spacial score (nSPS) is 10.5. The Balaban J connectivity index is 0.000000213. The van der Waals surface area contributed by atoms with Crippen LogP contribution in [0.25, 0.3) is 22.8 Å². The van der Waals surface area contributed by atoms with E-state index in [2.05, 4.69) is 36.2 Å². The fourth-order valence-corrected chi connectivity index (χ4v) is 2.34. The third-order valence-electron chi connectivity index (χ3n) is 3.74. The number of ether oxygens (including phenoxy) is 1. The van der Waals surface area contributed by atoms with E-state index in [4.69, 9.17) is 4.74 Å². The van der Waals surface area contributed by atoms with Gasteiger partial charge in [0.05, 0.1) is 12.8 Å². The Labute approximate surface area is 189 Å². The number of aryl methyl sites for hydroxylation is 1. The molecule has 0 bridgehead atoms. The molecule has 0 saturated carbocycles. The first kappa shape index (κ1) is 24.1. The van der Waals surface area contributed by atoms with Gasteiger partial charge in [0.15, 0.2) is 0 Å². The van der Waals surface area contributed by atoms with Crippen LogP contribution >= 0.6 is 0 Å². The minimum Gasteiger partial charge on any atom is -0.516 e. The number of halogens is 3. The molecule has 0 unspecified atom stereocenters. The monoisotopic (exact) mass is 605 g/mol. The predicted octanol–water partition coefficient (Wildman–Crippen LogP) is 3.77. The summed E-state index contributed by atoms with van der Waals surface area (Å²) < 4.78 is 41.5. The van der Waals surface area contributed by atoms with Crippen molar-refractivity contribution in [2.24, 2.45) is 0 Å². The van der Waals surface area contributed by atoms with Gasteiger partial charge >= 0.3 is 6.18 Å². The van der Waals surface area contributed by atoms with Gasteiger partial charge in [0.25, 0.3) is 0 Å². The molecular formula is C20H15F3IrN6O-2. The Morgan fingerprint density at radius 1 is 1.03 bits per heavy atom. The van der Waals surface area contributed by atoms with E-state index >= 15 is 0 Å². The zero-order valence-electron chi connectivity index (χ0n) is 16.3. The van der Waals surface area contributed by atoms with Gasteiger partial charge in [-0.2, -0.15) is 13.2 Å². The number of aromatic nitrogens is 6. The van der Waals surface area contributed by atoms with Gasteiger partial charge in [-0.15, -0.1) is 29.8 Å². The van der Waals surface area contributed by atoms with Crippen LogP contribution in [0.2, 0.25) is 0 Å². The van der Waals surface area contributed by atoms with Gasteiger partial charge in [-0.1, -0.05) is 6.07 Å². The molecule has 3 heterocycles. The second-order valence-electron chi connectivity index (χ2n) is 5.80. The SMILES string of the molecule is COc1cc[c-]c(-c2nccnc2C)c1.FC(F)(F)c1n[n-]c(-c2ccccn2)n1.[Ir]. The first-order chi connectivity index (χ1) is 14.4. The van der Waals surface area contributed by atoms with Crippen molar-refractivity contribution in [3.05, 3.63) is 72.6 Å². The summed E-state index contributed by atoms with van der Waals surface area (Å²) in [6.07, 6.45) is 0.230. The summed E-state index contributed by atoms with van der Waals surface area (Å²) in [4.78, 5) is 15.5. The minimum atomic E-state index is -4.57. The zero-order valence-corrected chi connectivity index (χ0v) is 18.7. The maximum absolute atomic E-state index is 12.1. The Bertz CT molecular complexity index is 1110. The second-order valence-corrected chi connectivity index (χ2v) is 5.80. The average Bonchev–Trinajstić information content (AvgIpc) is 3.26. The van der Waals surface area contributed by atoms with Crippen LogP contribution < -0.4 is 9.84 Å². The molecule has 1 radical (unpaired) electrons. The van der Waals surface area contributed by atoms with Crippen molar-refractivity contribution in [1.29, 1.82) is 0 Å². The van der Waals surface area contributed by atoms with Crippen molar-refractivity contribution in [3.63, 3.8) is 0 Å². The maximum atomic E-state index is 12.1. The van der Waals surface area contributed by atoms with Crippen molar-refractivity contribution >= 4 is 0 Å². The van der Waals surface area contributed by atoms with Gasteiger partial charge in [0, 0.05) is 55.8 Å². The molecule has 4 aromatic rings. The number of rotatable bonds is 3. The quantitative estimate of drug-likeness (QED) is 0.329. The predicted molar refractivity (Wildman–Crippen MR) is 101 cm³/mol. The van der Waals surface area contributed by atoms with Crippen molar-refractivity contribution in [1.82, 2.24) is 30.1 Å². The summed E-state index contributed by atoms with van der Waals surface area (Å²) in [5, 5.41) is 6.25. The molecule has 0 aliphatic carbocycles. The molecule has 4 rings (SSSR count). The van der Waals surface area contributed by atoms with Crippen LogP contribution in [0.15, 0.2) is 55.0 Å². The molecule has 11 heteroatoms. The van der Waals surface area contributed by atoms with E-state index in [0.717, 1.165) is 22.7 Å². The maximum Gasteiger partial charge on any atom is 0.429 e. The largest absolute Gasteiger partial charge is 0.516 e. The van der Waals surface area contributed by atoms with Crippen LogP contribution in [-0.4, -0.2) is 32.1 Å². The minimum absolute atomic E-state index is 0. The molecule has 3 aromatic heterocycles. The summed E-state index contributed by atoms with van der Waals surface area (Å²) in [5.74, 6) is -0.570. The van der Waals surface area contributed by atoms with Crippen LogP contribution in [0.5, 0.6) is 5.75 Å².